The Morgan fingerprint density at radius 3 is 2.44 bits per heavy atom. The molecule has 0 saturated heterocycles. The quantitative estimate of drug-likeness (QED) is 0.716. The molecule has 2 rings (SSSR count). The molecule has 0 spiro atoms. The molecule has 2 aromatic carbocycles. The van der Waals surface area contributed by atoms with E-state index in [1.807, 2.05) is 25.2 Å². The van der Waals surface area contributed by atoms with Gasteiger partial charge in [0.1, 0.15) is 0 Å². The van der Waals surface area contributed by atoms with E-state index in [0.717, 1.165) is 23.7 Å². The smallest absolute Gasteiger partial charge is 0.363 e. The van der Waals surface area contributed by atoms with Gasteiger partial charge in [-0.05, 0) is 48.1 Å². The average Bonchev–Trinajstić information content (AvgIpc) is 2.34. The van der Waals surface area contributed by atoms with Crippen LogP contribution in [0.2, 0.25) is 6.55 Å². The zero-order valence-electron chi connectivity index (χ0n) is 10.8. The molecule has 0 bridgehead atoms. The number of hydrogen-bond acceptors (Lipinski definition) is 3. The van der Waals surface area contributed by atoms with Gasteiger partial charge in [-0.25, -0.2) is 0 Å². The second kappa shape index (κ2) is 5.20. The molecule has 0 unspecified atom stereocenters. The molecule has 0 heterocycles. The van der Waals surface area contributed by atoms with Crippen LogP contribution in [0.4, 0.5) is 0 Å². The Morgan fingerprint density at radius 1 is 1.06 bits per heavy atom. The SMILES string of the molecule is CNCCc1ccc2ccc([Si](C)(O)O)cc2c1. The summed E-state index contributed by atoms with van der Waals surface area (Å²) >= 11 is 0. The Kier molecular flexibility index (Phi) is 3.82. The third-order valence-corrected chi connectivity index (χ3v) is 4.52. The molecule has 96 valence electrons. The van der Waals surface area contributed by atoms with E-state index in [1.165, 1.54) is 12.1 Å². The predicted molar refractivity (Wildman–Crippen MR) is 77.3 cm³/mol. The van der Waals surface area contributed by atoms with Crippen molar-refractivity contribution < 1.29 is 9.59 Å². The number of likely N-dealkylation sites (N-methyl/N-ethyl adjacent to an activating group) is 1. The standard InChI is InChI=1S/C14H19NO2Si/c1-15-8-7-11-3-4-12-5-6-14(18(2,16)17)10-13(12)9-11/h3-6,9-10,15-17H,7-8H2,1-2H3. The molecule has 2 aromatic rings. The van der Waals surface area contributed by atoms with Crippen molar-refractivity contribution in [3.8, 4) is 0 Å². The first kappa shape index (κ1) is 13.2. The number of benzene rings is 2. The van der Waals surface area contributed by atoms with Crippen LogP contribution in [0.3, 0.4) is 0 Å². The second-order valence-electron chi connectivity index (χ2n) is 4.77. The monoisotopic (exact) mass is 261 g/mol. The van der Waals surface area contributed by atoms with Gasteiger partial charge >= 0.3 is 8.56 Å². The molecule has 3 N–H and O–H groups in total. The van der Waals surface area contributed by atoms with Gasteiger partial charge in [-0.15, -0.1) is 0 Å². The van der Waals surface area contributed by atoms with Crippen molar-refractivity contribution in [1.82, 2.24) is 5.32 Å². The van der Waals surface area contributed by atoms with Crippen LogP contribution >= 0.6 is 0 Å². The molecule has 0 aliphatic carbocycles. The predicted octanol–water partition coefficient (Wildman–Crippen LogP) is 0.865. The summed E-state index contributed by atoms with van der Waals surface area (Å²) in [7, 11) is -1.27. The van der Waals surface area contributed by atoms with Gasteiger partial charge in [0.15, 0.2) is 0 Å². The van der Waals surface area contributed by atoms with E-state index >= 15 is 0 Å². The first-order valence-electron chi connectivity index (χ1n) is 6.13. The topological polar surface area (TPSA) is 52.5 Å². The van der Waals surface area contributed by atoms with Crippen LogP contribution in [0.25, 0.3) is 10.8 Å². The van der Waals surface area contributed by atoms with E-state index in [2.05, 4.69) is 23.5 Å². The van der Waals surface area contributed by atoms with Crippen LogP contribution in [0.1, 0.15) is 5.56 Å². The molecular weight excluding hydrogens is 242 g/mol. The fraction of sp³-hybridized carbons (Fsp3) is 0.286. The third-order valence-electron chi connectivity index (χ3n) is 3.12. The first-order valence-corrected chi connectivity index (χ1v) is 8.52. The van der Waals surface area contributed by atoms with Gasteiger partial charge in [-0.3, -0.25) is 0 Å². The van der Waals surface area contributed by atoms with Crippen molar-refractivity contribution >= 4 is 24.5 Å². The van der Waals surface area contributed by atoms with Gasteiger partial charge in [-0.2, -0.15) is 0 Å². The van der Waals surface area contributed by atoms with Gasteiger partial charge in [0.05, 0.1) is 0 Å². The van der Waals surface area contributed by atoms with Crippen LogP contribution in [0.5, 0.6) is 0 Å². The van der Waals surface area contributed by atoms with Crippen LogP contribution in [0.15, 0.2) is 36.4 Å². The second-order valence-corrected chi connectivity index (χ2v) is 7.39. The van der Waals surface area contributed by atoms with Gasteiger partial charge in [-0.1, -0.05) is 36.4 Å². The fourth-order valence-corrected chi connectivity index (χ4v) is 2.84. The molecule has 0 aliphatic heterocycles. The summed E-state index contributed by atoms with van der Waals surface area (Å²) in [6, 6.07) is 12.0. The Morgan fingerprint density at radius 2 is 1.78 bits per heavy atom. The van der Waals surface area contributed by atoms with Gasteiger partial charge < -0.3 is 14.9 Å². The van der Waals surface area contributed by atoms with Gasteiger partial charge in [0.2, 0.25) is 0 Å². The fourth-order valence-electron chi connectivity index (χ4n) is 2.02. The minimum Gasteiger partial charge on any atom is -0.408 e. The summed E-state index contributed by atoms with van der Waals surface area (Å²) in [5.74, 6) is 0. The largest absolute Gasteiger partial charge is 0.408 e. The summed E-state index contributed by atoms with van der Waals surface area (Å²) in [6.07, 6.45) is 0.976. The summed E-state index contributed by atoms with van der Waals surface area (Å²) < 4.78 is 0. The number of rotatable bonds is 4. The number of hydrogen-bond donors (Lipinski definition) is 3. The Hall–Kier alpha value is -1.20. The molecule has 0 radical (unpaired) electrons. The van der Waals surface area contributed by atoms with Crippen molar-refractivity contribution in [2.75, 3.05) is 13.6 Å². The lowest BCUT2D eigenvalue weighted by Gasteiger charge is -2.13. The van der Waals surface area contributed by atoms with Gasteiger partial charge in [0.25, 0.3) is 0 Å². The molecule has 0 fully saturated rings. The van der Waals surface area contributed by atoms with Crippen LogP contribution in [-0.2, 0) is 6.42 Å². The summed E-state index contributed by atoms with van der Waals surface area (Å²) in [5.41, 5.74) is 1.26. The van der Waals surface area contributed by atoms with Crippen molar-refractivity contribution in [1.29, 1.82) is 0 Å². The highest BCUT2D eigenvalue weighted by Crippen LogP contribution is 2.16. The molecule has 0 amide bonds. The third kappa shape index (κ3) is 2.97. The normalized spacial score (nSPS) is 12.0. The molecule has 0 aromatic heterocycles. The zero-order chi connectivity index (χ0) is 13.2. The van der Waals surface area contributed by atoms with E-state index in [9.17, 15) is 9.59 Å². The van der Waals surface area contributed by atoms with Crippen LogP contribution in [0, 0.1) is 0 Å². The average molecular weight is 261 g/mol. The molecule has 18 heavy (non-hydrogen) atoms. The highest BCUT2D eigenvalue weighted by atomic mass is 28.4. The number of nitrogens with one attached hydrogen (secondary N) is 1. The highest BCUT2D eigenvalue weighted by molar-refractivity contribution is 6.77. The maximum absolute atomic E-state index is 9.74. The lowest BCUT2D eigenvalue weighted by atomic mass is 10.1. The van der Waals surface area contributed by atoms with E-state index in [4.69, 9.17) is 0 Å². The van der Waals surface area contributed by atoms with Gasteiger partial charge in [0, 0.05) is 0 Å². The van der Waals surface area contributed by atoms with E-state index in [-0.39, 0.29) is 0 Å². The molecule has 0 aliphatic rings. The van der Waals surface area contributed by atoms with Crippen LogP contribution in [-0.4, -0.2) is 31.7 Å². The van der Waals surface area contributed by atoms with E-state index < -0.39 is 8.56 Å². The Balaban J connectivity index is 2.40. The maximum atomic E-state index is 9.74. The minimum atomic E-state index is -3.21. The first-order chi connectivity index (χ1) is 8.50. The number of fused-ring (bicyclic) bond motifs is 1. The van der Waals surface area contributed by atoms with Crippen LogP contribution < -0.4 is 10.5 Å². The molecule has 3 nitrogen and oxygen atoms in total. The zero-order valence-corrected chi connectivity index (χ0v) is 11.8. The highest BCUT2D eigenvalue weighted by Gasteiger charge is 2.24. The molecule has 4 heteroatoms. The Bertz CT molecular complexity index is 549. The molecule has 0 saturated carbocycles. The Labute approximate surface area is 108 Å². The summed E-state index contributed by atoms with van der Waals surface area (Å²) in [5, 5.41) is 5.98. The molecule has 0 atom stereocenters. The van der Waals surface area contributed by atoms with E-state index in [1.54, 1.807) is 0 Å². The minimum absolute atomic E-state index is 0.653. The lowest BCUT2D eigenvalue weighted by Crippen LogP contribution is -2.44. The van der Waals surface area contributed by atoms with E-state index in [0.29, 0.717) is 5.19 Å². The maximum Gasteiger partial charge on any atom is 0.363 e. The van der Waals surface area contributed by atoms with Crippen molar-refractivity contribution in [2.24, 2.45) is 0 Å². The lowest BCUT2D eigenvalue weighted by molar-refractivity contribution is 0.392. The van der Waals surface area contributed by atoms with Crippen molar-refractivity contribution in [2.45, 2.75) is 13.0 Å². The summed E-state index contributed by atoms with van der Waals surface area (Å²) in [6.45, 7) is 2.46. The van der Waals surface area contributed by atoms with Crippen molar-refractivity contribution in [3.63, 3.8) is 0 Å². The molecular formula is C14H19NO2Si. The summed E-state index contributed by atoms with van der Waals surface area (Å²) in [4.78, 5) is 19.5. The van der Waals surface area contributed by atoms with Crippen molar-refractivity contribution in [3.05, 3.63) is 42.0 Å².